The first-order valence-corrected chi connectivity index (χ1v) is 6.35. The molecule has 0 saturated carbocycles. The minimum atomic E-state index is -0.610. The van der Waals surface area contributed by atoms with Crippen molar-refractivity contribution in [2.45, 2.75) is 13.3 Å². The number of carbonyl (C=O) groups is 3. The molecular weight excluding hydrogens is 268 g/mol. The second-order valence-electron chi connectivity index (χ2n) is 4.15. The van der Waals surface area contributed by atoms with Gasteiger partial charge < -0.3 is 10.2 Å². The summed E-state index contributed by atoms with van der Waals surface area (Å²) in [5.74, 6) is -1.33. The minimum absolute atomic E-state index is 0.148. The zero-order valence-electron chi connectivity index (χ0n) is 10.4. The number of nitrogens with one attached hydrogen (secondary N) is 1. The van der Waals surface area contributed by atoms with Crippen LogP contribution in [-0.2, 0) is 9.59 Å². The third-order valence-corrected chi connectivity index (χ3v) is 3.10. The van der Waals surface area contributed by atoms with Crippen LogP contribution in [-0.4, -0.2) is 30.7 Å². The summed E-state index contributed by atoms with van der Waals surface area (Å²) in [5, 5.41) is 3.05. The molecule has 1 aliphatic rings. The number of fused-ring (bicyclic) bond motifs is 1. The molecule has 1 heterocycles. The normalized spacial score (nSPS) is 13.7. The maximum absolute atomic E-state index is 11.8. The maximum atomic E-state index is 11.8. The Morgan fingerprint density at radius 1 is 1.37 bits per heavy atom. The predicted octanol–water partition coefficient (Wildman–Crippen LogP) is 1.40. The molecule has 1 aromatic carbocycles. The molecule has 0 aliphatic carbocycles. The van der Waals surface area contributed by atoms with E-state index in [0.29, 0.717) is 22.8 Å². The second-order valence-corrected chi connectivity index (χ2v) is 4.59. The summed E-state index contributed by atoms with van der Waals surface area (Å²) in [7, 11) is 0. The van der Waals surface area contributed by atoms with Crippen molar-refractivity contribution >= 4 is 34.9 Å². The summed E-state index contributed by atoms with van der Waals surface area (Å²) < 4.78 is 0. The third kappa shape index (κ3) is 2.61. The van der Waals surface area contributed by atoms with Crippen molar-refractivity contribution in [1.82, 2.24) is 5.32 Å². The highest BCUT2D eigenvalue weighted by atomic mass is 35.5. The number of ketones is 1. The van der Waals surface area contributed by atoms with Crippen molar-refractivity contribution in [3.63, 3.8) is 0 Å². The van der Waals surface area contributed by atoms with Crippen LogP contribution in [0.5, 0.6) is 0 Å². The Balaban J connectivity index is 2.17. The monoisotopic (exact) mass is 280 g/mol. The van der Waals surface area contributed by atoms with E-state index in [1.807, 2.05) is 6.92 Å². The van der Waals surface area contributed by atoms with Crippen molar-refractivity contribution in [1.29, 1.82) is 0 Å². The minimum Gasteiger partial charge on any atom is -0.356 e. The van der Waals surface area contributed by atoms with E-state index in [-0.39, 0.29) is 18.9 Å². The number of rotatable bonds is 4. The van der Waals surface area contributed by atoms with Crippen molar-refractivity contribution in [3.8, 4) is 0 Å². The number of nitrogens with zero attached hydrogens (tertiary/aromatic N) is 1. The molecule has 1 aliphatic heterocycles. The third-order valence-electron chi connectivity index (χ3n) is 2.87. The fraction of sp³-hybridized carbons (Fsp3) is 0.308. The molecule has 0 unspecified atom stereocenters. The van der Waals surface area contributed by atoms with Crippen LogP contribution in [0.4, 0.5) is 5.69 Å². The van der Waals surface area contributed by atoms with Crippen LogP contribution in [0.15, 0.2) is 18.2 Å². The number of hydrogen-bond acceptors (Lipinski definition) is 3. The van der Waals surface area contributed by atoms with Gasteiger partial charge in [-0.05, 0) is 25.1 Å². The highest BCUT2D eigenvalue weighted by Crippen LogP contribution is 2.31. The molecule has 2 rings (SSSR count). The largest absolute Gasteiger partial charge is 0.356 e. The Labute approximate surface area is 115 Å². The van der Waals surface area contributed by atoms with E-state index < -0.39 is 11.7 Å². The highest BCUT2D eigenvalue weighted by Gasteiger charge is 2.35. The molecular formula is C13H13ClN2O3. The van der Waals surface area contributed by atoms with E-state index in [2.05, 4.69) is 5.32 Å². The number of anilines is 1. The highest BCUT2D eigenvalue weighted by molar-refractivity contribution is 6.52. The molecule has 1 aromatic rings. The van der Waals surface area contributed by atoms with E-state index in [0.717, 1.165) is 0 Å². The Kier molecular flexibility index (Phi) is 3.85. The summed E-state index contributed by atoms with van der Waals surface area (Å²) in [6.07, 6.45) is 0.162. The molecule has 0 saturated heterocycles. The summed E-state index contributed by atoms with van der Waals surface area (Å²) in [6, 6.07) is 4.72. The number of amides is 2. The molecule has 0 spiro atoms. The number of halogens is 1. The second kappa shape index (κ2) is 5.40. The first kappa shape index (κ1) is 13.5. The van der Waals surface area contributed by atoms with E-state index in [1.54, 1.807) is 12.1 Å². The predicted molar refractivity (Wildman–Crippen MR) is 71.4 cm³/mol. The molecule has 100 valence electrons. The molecule has 0 fully saturated rings. The lowest BCUT2D eigenvalue weighted by molar-refractivity contribution is -0.120. The van der Waals surface area contributed by atoms with Gasteiger partial charge in [0.25, 0.3) is 11.7 Å². The van der Waals surface area contributed by atoms with Crippen molar-refractivity contribution in [3.05, 3.63) is 28.8 Å². The van der Waals surface area contributed by atoms with E-state index in [4.69, 9.17) is 11.6 Å². The molecule has 5 nitrogen and oxygen atoms in total. The van der Waals surface area contributed by atoms with Gasteiger partial charge in [0.05, 0.1) is 11.3 Å². The van der Waals surface area contributed by atoms with Gasteiger partial charge in [0.15, 0.2) is 0 Å². The lowest BCUT2D eigenvalue weighted by atomic mass is 10.1. The zero-order chi connectivity index (χ0) is 14.0. The SMILES string of the molecule is CCNC(=O)CCN1C(=O)C(=O)c2cc(Cl)ccc21. The standard InChI is InChI=1S/C13H13ClN2O3/c1-2-15-11(17)5-6-16-10-4-3-8(14)7-9(10)12(18)13(16)19/h3-4,7H,2,5-6H2,1H3,(H,15,17). The number of Topliss-reactive ketones (excluding diaryl/α,β-unsaturated/α-hetero) is 1. The van der Waals surface area contributed by atoms with Gasteiger partial charge >= 0.3 is 0 Å². The molecule has 19 heavy (non-hydrogen) atoms. The molecule has 0 radical (unpaired) electrons. The Morgan fingerprint density at radius 3 is 2.79 bits per heavy atom. The first-order valence-electron chi connectivity index (χ1n) is 5.97. The zero-order valence-corrected chi connectivity index (χ0v) is 11.2. The lowest BCUT2D eigenvalue weighted by Crippen LogP contribution is -2.34. The van der Waals surface area contributed by atoms with Crippen molar-refractivity contribution in [2.75, 3.05) is 18.0 Å². The van der Waals surface area contributed by atoms with E-state index in [9.17, 15) is 14.4 Å². The Hall–Kier alpha value is -1.88. The van der Waals surface area contributed by atoms with Gasteiger partial charge in [-0.2, -0.15) is 0 Å². The summed E-state index contributed by atoms with van der Waals surface area (Å²) in [4.78, 5) is 36.3. The fourth-order valence-electron chi connectivity index (χ4n) is 1.99. The van der Waals surface area contributed by atoms with Crippen molar-refractivity contribution in [2.24, 2.45) is 0 Å². The molecule has 6 heteroatoms. The van der Waals surface area contributed by atoms with Crippen LogP contribution in [0.3, 0.4) is 0 Å². The molecule has 0 atom stereocenters. The van der Waals surface area contributed by atoms with Gasteiger partial charge in [0.1, 0.15) is 0 Å². The van der Waals surface area contributed by atoms with Gasteiger partial charge in [0, 0.05) is 24.5 Å². The quantitative estimate of drug-likeness (QED) is 0.848. The van der Waals surface area contributed by atoms with Crippen LogP contribution in [0, 0.1) is 0 Å². The fourth-order valence-corrected chi connectivity index (χ4v) is 2.17. The summed E-state index contributed by atoms with van der Waals surface area (Å²) in [5.41, 5.74) is 0.817. The number of carbonyl (C=O) groups excluding carboxylic acids is 3. The van der Waals surface area contributed by atoms with E-state index in [1.165, 1.54) is 11.0 Å². The lowest BCUT2D eigenvalue weighted by Gasteiger charge is -2.15. The first-order chi connectivity index (χ1) is 9.04. The van der Waals surface area contributed by atoms with Crippen molar-refractivity contribution < 1.29 is 14.4 Å². The van der Waals surface area contributed by atoms with Crippen LogP contribution in [0.25, 0.3) is 0 Å². The smallest absolute Gasteiger partial charge is 0.299 e. The maximum Gasteiger partial charge on any atom is 0.299 e. The molecule has 0 bridgehead atoms. The van der Waals surface area contributed by atoms with Gasteiger partial charge in [0.2, 0.25) is 5.91 Å². The number of hydrogen-bond donors (Lipinski definition) is 1. The number of benzene rings is 1. The molecule has 1 N–H and O–H groups in total. The van der Waals surface area contributed by atoms with Gasteiger partial charge in [-0.1, -0.05) is 11.6 Å². The van der Waals surface area contributed by atoms with Crippen LogP contribution >= 0.6 is 11.6 Å². The topological polar surface area (TPSA) is 66.5 Å². The van der Waals surface area contributed by atoms with Gasteiger partial charge in [-0.15, -0.1) is 0 Å². The summed E-state index contributed by atoms with van der Waals surface area (Å²) >= 11 is 5.81. The van der Waals surface area contributed by atoms with Gasteiger partial charge in [-0.3, -0.25) is 14.4 Å². The average Bonchev–Trinajstić information content (AvgIpc) is 2.61. The average molecular weight is 281 g/mol. The summed E-state index contributed by atoms with van der Waals surface area (Å²) in [6.45, 7) is 2.54. The Morgan fingerprint density at radius 2 is 2.11 bits per heavy atom. The van der Waals surface area contributed by atoms with E-state index >= 15 is 0 Å². The Bertz CT molecular complexity index is 557. The van der Waals surface area contributed by atoms with Crippen LogP contribution < -0.4 is 10.2 Å². The molecule has 0 aromatic heterocycles. The van der Waals surface area contributed by atoms with Gasteiger partial charge in [-0.25, -0.2) is 0 Å². The van der Waals surface area contributed by atoms with Crippen LogP contribution in [0.1, 0.15) is 23.7 Å². The van der Waals surface area contributed by atoms with Crippen LogP contribution in [0.2, 0.25) is 5.02 Å². The molecule has 2 amide bonds.